The molecule has 2 aliphatic heterocycles. The van der Waals surface area contributed by atoms with Gasteiger partial charge < -0.3 is 19.5 Å². The van der Waals surface area contributed by atoms with Crippen molar-refractivity contribution in [3.8, 4) is 11.5 Å². The molecule has 1 fully saturated rings. The molecular formula is C16H23NO3. The van der Waals surface area contributed by atoms with E-state index in [9.17, 15) is 0 Å². The Balaban J connectivity index is 2.02. The molecule has 20 heavy (non-hydrogen) atoms. The maximum atomic E-state index is 5.97. The molecule has 0 aliphatic carbocycles. The first-order valence-corrected chi connectivity index (χ1v) is 7.52. The van der Waals surface area contributed by atoms with Crippen LogP contribution in [0.25, 0.3) is 0 Å². The van der Waals surface area contributed by atoms with Crippen LogP contribution < -0.4 is 14.8 Å². The fourth-order valence-corrected chi connectivity index (χ4v) is 2.91. The normalized spacial score (nSPS) is 22.6. The lowest BCUT2D eigenvalue weighted by molar-refractivity contribution is 0.0268. The van der Waals surface area contributed by atoms with E-state index in [2.05, 4.69) is 25.2 Å². The molecule has 0 spiro atoms. The first-order valence-electron chi connectivity index (χ1n) is 7.52. The molecule has 1 aromatic carbocycles. The summed E-state index contributed by atoms with van der Waals surface area (Å²) >= 11 is 0. The van der Waals surface area contributed by atoms with Gasteiger partial charge in [-0.25, -0.2) is 0 Å². The number of nitrogens with one attached hydrogen (secondary N) is 1. The topological polar surface area (TPSA) is 39.7 Å². The van der Waals surface area contributed by atoms with E-state index in [0.29, 0.717) is 5.92 Å². The van der Waals surface area contributed by atoms with Gasteiger partial charge in [0.25, 0.3) is 0 Å². The predicted molar refractivity (Wildman–Crippen MR) is 77.7 cm³/mol. The Morgan fingerprint density at radius 3 is 2.75 bits per heavy atom. The van der Waals surface area contributed by atoms with Gasteiger partial charge in [0, 0.05) is 25.1 Å². The van der Waals surface area contributed by atoms with Gasteiger partial charge in [-0.05, 0) is 17.5 Å². The van der Waals surface area contributed by atoms with Crippen molar-refractivity contribution < 1.29 is 14.2 Å². The highest BCUT2D eigenvalue weighted by Crippen LogP contribution is 2.42. The summed E-state index contributed by atoms with van der Waals surface area (Å²) in [4.78, 5) is 0. The highest BCUT2D eigenvalue weighted by atomic mass is 16.5. The Labute approximate surface area is 120 Å². The average molecular weight is 277 g/mol. The van der Waals surface area contributed by atoms with E-state index in [4.69, 9.17) is 14.2 Å². The fourth-order valence-electron chi connectivity index (χ4n) is 2.91. The molecule has 2 heterocycles. The van der Waals surface area contributed by atoms with Crippen LogP contribution in [0.5, 0.6) is 11.5 Å². The first-order chi connectivity index (χ1) is 9.77. The molecule has 0 radical (unpaired) electrons. The van der Waals surface area contributed by atoms with Crippen LogP contribution in [0.1, 0.15) is 43.4 Å². The number of fused-ring (bicyclic) bond motifs is 1. The second-order valence-electron chi connectivity index (χ2n) is 5.66. The molecule has 0 aromatic heterocycles. The Hall–Kier alpha value is -1.26. The largest absolute Gasteiger partial charge is 0.490 e. The van der Waals surface area contributed by atoms with Crippen molar-refractivity contribution in [3.05, 3.63) is 23.3 Å². The number of hydrogen-bond donors (Lipinski definition) is 1. The van der Waals surface area contributed by atoms with Gasteiger partial charge in [-0.3, -0.25) is 0 Å². The van der Waals surface area contributed by atoms with Crippen molar-refractivity contribution in [2.45, 2.75) is 32.3 Å². The molecular weight excluding hydrogens is 254 g/mol. The lowest BCUT2D eigenvalue weighted by atomic mass is 9.92. The van der Waals surface area contributed by atoms with Gasteiger partial charge in [0.2, 0.25) is 0 Å². The van der Waals surface area contributed by atoms with Crippen LogP contribution in [0, 0.1) is 0 Å². The lowest BCUT2D eigenvalue weighted by Gasteiger charge is -2.28. The Kier molecular flexibility index (Phi) is 4.13. The summed E-state index contributed by atoms with van der Waals surface area (Å²) < 4.78 is 17.7. The second-order valence-corrected chi connectivity index (χ2v) is 5.66. The monoisotopic (exact) mass is 277 g/mol. The molecule has 4 nitrogen and oxygen atoms in total. The van der Waals surface area contributed by atoms with Crippen LogP contribution in [-0.4, -0.2) is 32.9 Å². The van der Waals surface area contributed by atoms with Crippen molar-refractivity contribution in [3.63, 3.8) is 0 Å². The van der Waals surface area contributed by atoms with Crippen LogP contribution in [0.15, 0.2) is 12.1 Å². The third kappa shape index (κ3) is 2.63. The molecule has 1 N–H and O–H groups in total. The van der Waals surface area contributed by atoms with Crippen LogP contribution in [0.3, 0.4) is 0 Å². The quantitative estimate of drug-likeness (QED) is 0.902. The molecule has 0 bridgehead atoms. The van der Waals surface area contributed by atoms with E-state index < -0.39 is 0 Å². The summed E-state index contributed by atoms with van der Waals surface area (Å²) in [5, 5.41) is 3.39. The fraction of sp³-hybridized carbons (Fsp3) is 0.625. The molecule has 0 saturated carbocycles. The summed E-state index contributed by atoms with van der Waals surface area (Å²) in [5.74, 6) is 2.18. The number of hydrogen-bond acceptors (Lipinski definition) is 4. The minimum atomic E-state index is 0.110. The van der Waals surface area contributed by atoms with Crippen LogP contribution in [-0.2, 0) is 4.74 Å². The van der Waals surface area contributed by atoms with Crippen molar-refractivity contribution in [2.75, 3.05) is 32.9 Å². The number of benzene rings is 1. The zero-order valence-electron chi connectivity index (χ0n) is 12.3. The Morgan fingerprint density at radius 2 is 2.00 bits per heavy atom. The van der Waals surface area contributed by atoms with E-state index in [1.165, 1.54) is 11.1 Å². The Bertz CT molecular complexity index is 467. The zero-order chi connectivity index (χ0) is 13.9. The molecule has 1 saturated heterocycles. The number of morpholine rings is 1. The summed E-state index contributed by atoms with van der Waals surface area (Å²) in [6.07, 6.45) is 1.04. The van der Waals surface area contributed by atoms with Crippen molar-refractivity contribution in [1.82, 2.24) is 5.32 Å². The van der Waals surface area contributed by atoms with Crippen molar-refractivity contribution >= 4 is 0 Å². The van der Waals surface area contributed by atoms with Crippen molar-refractivity contribution in [1.29, 1.82) is 0 Å². The maximum absolute atomic E-state index is 5.97. The molecule has 2 aliphatic rings. The maximum Gasteiger partial charge on any atom is 0.164 e. The second kappa shape index (κ2) is 6.02. The molecule has 4 heteroatoms. The molecule has 1 unspecified atom stereocenters. The summed E-state index contributed by atoms with van der Waals surface area (Å²) in [6, 6.07) is 4.17. The van der Waals surface area contributed by atoms with Gasteiger partial charge in [-0.1, -0.05) is 19.9 Å². The van der Waals surface area contributed by atoms with Crippen LogP contribution in [0.2, 0.25) is 0 Å². The van der Waals surface area contributed by atoms with E-state index >= 15 is 0 Å². The van der Waals surface area contributed by atoms with Gasteiger partial charge in [0.05, 0.1) is 25.9 Å². The molecule has 110 valence electrons. The molecule has 1 aromatic rings. The van der Waals surface area contributed by atoms with Crippen LogP contribution in [0.4, 0.5) is 0 Å². The molecule has 0 amide bonds. The molecule has 3 rings (SSSR count). The van der Waals surface area contributed by atoms with Gasteiger partial charge in [0.15, 0.2) is 11.5 Å². The van der Waals surface area contributed by atoms with Crippen molar-refractivity contribution in [2.24, 2.45) is 0 Å². The third-order valence-electron chi connectivity index (χ3n) is 3.84. The average Bonchev–Trinajstić information content (AvgIpc) is 2.72. The SMILES string of the molecule is CC(C)c1c(C2CNCCO2)ccc2c1OCCCO2. The smallest absolute Gasteiger partial charge is 0.164 e. The number of rotatable bonds is 2. The van der Waals surface area contributed by atoms with Gasteiger partial charge in [-0.15, -0.1) is 0 Å². The predicted octanol–water partition coefficient (Wildman–Crippen LogP) is 2.63. The van der Waals surface area contributed by atoms with Gasteiger partial charge in [0.1, 0.15) is 0 Å². The summed E-state index contributed by atoms with van der Waals surface area (Å²) in [7, 11) is 0. The van der Waals surface area contributed by atoms with E-state index in [0.717, 1.165) is 50.8 Å². The van der Waals surface area contributed by atoms with E-state index in [1.54, 1.807) is 0 Å². The van der Waals surface area contributed by atoms with Gasteiger partial charge in [-0.2, -0.15) is 0 Å². The highest BCUT2D eigenvalue weighted by molar-refractivity contribution is 5.53. The standard InChI is InChI=1S/C16H23NO3/c1-11(2)15-12(14-10-17-6-9-19-14)4-5-13-16(15)20-8-3-7-18-13/h4-5,11,14,17H,3,6-10H2,1-2H3. The molecule has 1 atom stereocenters. The van der Waals surface area contributed by atoms with E-state index in [-0.39, 0.29) is 6.10 Å². The summed E-state index contributed by atoms with van der Waals surface area (Å²) in [6.45, 7) is 8.40. The van der Waals surface area contributed by atoms with Crippen LogP contribution >= 0.6 is 0 Å². The van der Waals surface area contributed by atoms with Gasteiger partial charge >= 0.3 is 0 Å². The Morgan fingerprint density at radius 1 is 1.15 bits per heavy atom. The minimum absolute atomic E-state index is 0.110. The summed E-state index contributed by atoms with van der Waals surface area (Å²) in [5.41, 5.74) is 2.47. The van der Waals surface area contributed by atoms with E-state index in [1.807, 2.05) is 6.07 Å². The first kappa shape index (κ1) is 13.7. The third-order valence-corrected chi connectivity index (χ3v) is 3.84. The zero-order valence-corrected chi connectivity index (χ0v) is 12.3. The number of ether oxygens (including phenoxy) is 3. The lowest BCUT2D eigenvalue weighted by Crippen LogP contribution is -2.34. The highest BCUT2D eigenvalue weighted by Gasteiger charge is 2.26. The minimum Gasteiger partial charge on any atom is -0.490 e.